The lowest BCUT2D eigenvalue weighted by Gasteiger charge is -2.57. The van der Waals surface area contributed by atoms with Crippen LogP contribution in [0.4, 0.5) is 0 Å². The molecule has 0 aromatic rings. The highest BCUT2D eigenvalue weighted by Gasteiger charge is 2.61. The van der Waals surface area contributed by atoms with E-state index >= 15 is 0 Å². The maximum atomic E-state index is 12.3. The van der Waals surface area contributed by atoms with E-state index in [2.05, 4.69) is 40.7 Å². The molecule has 2 saturated carbocycles. The van der Waals surface area contributed by atoms with Crippen LogP contribution in [0.1, 0.15) is 112 Å². The number of carbonyl (C=O) groups excluding carboxylic acids is 1. The average Bonchev–Trinajstić information content (AvgIpc) is 3.05. The fourth-order valence-electron chi connectivity index (χ4n) is 8.52. The van der Waals surface area contributed by atoms with Crippen LogP contribution in [0.5, 0.6) is 0 Å². The Kier molecular flexibility index (Phi) is 5.74. The van der Waals surface area contributed by atoms with E-state index in [-0.39, 0.29) is 5.41 Å². The first kappa shape index (κ1) is 22.1. The van der Waals surface area contributed by atoms with E-state index in [0.717, 1.165) is 42.9 Å². The Hall–Kier alpha value is -1.10. The number of fused-ring (bicyclic) bond motifs is 4. The highest BCUT2D eigenvalue weighted by atomic mass is 16.1. The molecule has 0 spiro atoms. The van der Waals surface area contributed by atoms with Crippen LogP contribution in [0, 0.1) is 51.2 Å². The third kappa shape index (κ3) is 3.22. The summed E-state index contributed by atoms with van der Waals surface area (Å²) in [7, 11) is 0. The second-order valence-electron chi connectivity index (χ2n) is 12.3. The van der Waals surface area contributed by atoms with Gasteiger partial charge in [0.05, 0.1) is 11.5 Å². The van der Waals surface area contributed by atoms with Gasteiger partial charge in [0.1, 0.15) is 5.78 Å². The number of carbonyl (C=O) groups is 1. The van der Waals surface area contributed by atoms with Crippen LogP contribution < -0.4 is 0 Å². The van der Waals surface area contributed by atoms with E-state index < -0.39 is 5.41 Å². The fourth-order valence-corrected chi connectivity index (χ4v) is 8.52. The molecule has 4 rings (SSSR count). The van der Waals surface area contributed by atoms with Gasteiger partial charge in [0.25, 0.3) is 0 Å². The largest absolute Gasteiger partial charge is 0.300 e. The SMILES string of the molecule is CC(C)CCCC(C)C1CCC2C3=C(CCC21C)C1(C)CCC(=O)CC1(C#N)CC3. The predicted octanol–water partition coefficient (Wildman–Crippen LogP) is 7.63. The van der Waals surface area contributed by atoms with Crippen molar-refractivity contribution in [1.82, 2.24) is 0 Å². The van der Waals surface area contributed by atoms with Crippen LogP contribution >= 0.6 is 0 Å². The Labute approximate surface area is 184 Å². The predicted molar refractivity (Wildman–Crippen MR) is 123 cm³/mol. The van der Waals surface area contributed by atoms with Crippen molar-refractivity contribution >= 4 is 5.78 Å². The number of nitriles is 1. The highest BCUT2D eigenvalue weighted by molar-refractivity contribution is 5.81. The summed E-state index contributed by atoms with van der Waals surface area (Å²) < 4.78 is 0. The standard InChI is InChI=1S/C28H43NO/c1-19(2)7-6-8-20(3)23-9-10-24-22-12-16-28(18-29)17-21(30)11-15-27(28,5)25(22)13-14-26(23,24)4/h19-20,23-24H,6-17H2,1-5H3. The summed E-state index contributed by atoms with van der Waals surface area (Å²) in [6.07, 6.45) is 13.4. The average molecular weight is 410 g/mol. The summed E-state index contributed by atoms with van der Waals surface area (Å²) >= 11 is 0. The number of Topliss-reactive ketones (excluding diaryl/α,β-unsaturated/α-hetero) is 1. The number of hydrogen-bond donors (Lipinski definition) is 0. The summed E-state index contributed by atoms with van der Waals surface area (Å²) in [5, 5.41) is 10.2. The Morgan fingerprint density at radius 3 is 2.50 bits per heavy atom. The first-order chi connectivity index (χ1) is 14.2. The molecule has 0 N–H and O–H groups in total. The second-order valence-corrected chi connectivity index (χ2v) is 12.3. The molecule has 6 atom stereocenters. The number of nitrogens with zero attached hydrogens (tertiary/aromatic N) is 1. The summed E-state index contributed by atoms with van der Waals surface area (Å²) in [6, 6.07) is 2.70. The van der Waals surface area contributed by atoms with Gasteiger partial charge < -0.3 is 0 Å². The molecule has 0 aromatic heterocycles. The van der Waals surface area contributed by atoms with Crippen LogP contribution in [0.25, 0.3) is 0 Å². The molecular weight excluding hydrogens is 366 g/mol. The lowest BCUT2D eigenvalue weighted by molar-refractivity contribution is -0.127. The van der Waals surface area contributed by atoms with Crippen molar-refractivity contribution in [3.05, 3.63) is 11.1 Å². The van der Waals surface area contributed by atoms with Gasteiger partial charge in [0, 0.05) is 18.3 Å². The van der Waals surface area contributed by atoms with E-state index in [0.29, 0.717) is 24.0 Å². The van der Waals surface area contributed by atoms with Crippen LogP contribution in [0.15, 0.2) is 11.1 Å². The normalized spacial score (nSPS) is 41.8. The van der Waals surface area contributed by atoms with Gasteiger partial charge in [-0.2, -0.15) is 5.26 Å². The van der Waals surface area contributed by atoms with Gasteiger partial charge >= 0.3 is 0 Å². The molecule has 6 unspecified atom stereocenters. The van der Waals surface area contributed by atoms with Crippen LogP contribution in [-0.2, 0) is 4.79 Å². The van der Waals surface area contributed by atoms with E-state index in [4.69, 9.17) is 0 Å². The molecule has 0 aliphatic heterocycles. The van der Waals surface area contributed by atoms with Gasteiger partial charge in [-0.3, -0.25) is 4.79 Å². The number of rotatable bonds is 5. The maximum absolute atomic E-state index is 12.3. The first-order valence-corrected chi connectivity index (χ1v) is 12.8. The summed E-state index contributed by atoms with van der Waals surface area (Å²) in [4.78, 5) is 12.3. The quantitative estimate of drug-likeness (QED) is 0.438. The number of hydrogen-bond acceptors (Lipinski definition) is 2. The zero-order valence-corrected chi connectivity index (χ0v) is 20.2. The molecule has 0 amide bonds. The smallest absolute Gasteiger partial charge is 0.134 e. The van der Waals surface area contributed by atoms with Gasteiger partial charge in [-0.1, -0.05) is 65.0 Å². The van der Waals surface area contributed by atoms with E-state index in [1.165, 1.54) is 44.9 Å². The molecule has 0 radical (unpaired) electrons. The number of ketones is 1. The third-order valence-corrected chi connectivity index (χ3v) is 10.4. The molecule has 2 nitrogen and oxygen atoms in total. The van der Waals surface area contributed by atoms with Gasteiger partial charge in [-0.15, -0.1) is 0 Å². The molecule has 2 fully saturated rings. The minimum Gasteiger partial charge on any atom is -0.300 e. The molecule has 30 heavy (non-hydrogen) atoms. The number of allylic oxidation sites excluding steroid dienone is 2. The minimum absolute atomic E-state index is 0.0639. The van der Waals surface area contributed by atoms with Crippen LogP contribution in [0.2, 0.25) is 0 Å². The van der Waals surface area contributed by atoms with Crippen molar-refractivity contribution in [2.24, 2.45) is 39.9 Å². The Morgan fingerprint density at radius 2 is 1.80 bits per heavy atom. The van der Waals surface area contributed by atoms with Crippen LogP contribution in [-0.4, -0.2) is 5.78 Å². The molecule has 4 aliphatic rings. The molecule has 0 bridgehead atoms. The topological polar surface area (TPSA) is 40.9 Å². The van der Waals surface area contributed by atoms with Crippen molar-refractivity contribution in [1.29, 1.82) is 5.26 Å². The summed E-state index contributed by atoms with van der Waals surface area (Å²) in [5.41, 5.74) is 3.31. The Morgan fingerprint density at radius 1 is 1.03 bits per heavy atom. The van der Waals surface area contributed by atoms with Crippen molar-refractivity contribution in [3.63, 3.8) is 0 Å². The Balaban J connectivity index is 1.59. The zero-order chi connectivity index (χ0) is 21.7. The minimum atomic E-state index is -0.433. The summed E-state index contributed by atoms with van der Waals surface area (Å²) in [5.74, 6) is 3.54. The van der Waals surface area contributed by atoms with E-state index in [9.17, 15) is 10.1 Å². The molecule has 0 heterocycles. The molecule has 0 aromatic carbocycles. The lowest BCUT2D eigenvalue weighted by atomic mass is 9.45. The van der Waals surface area contributed by atoms with Crippen molar-refractivity contribution in [2.45, 2.75) is 112 Å². The monoisotopic (exact) mass is 409 g/mol. The van der Waals surface area contributed by atoms with E-state index in [1.54, 1.807) is 11.1 Å². The van der Waals surface area contributed by atoms with E-state index in [1.807, 2.05) is 0 Å². The highest BCUT2D eigenvalue weighted by Crippen LogP contribution is 2.68. The van der Waals surface area contributed by atoms with Crippen molar-refractivity contribution < 1.29 is 4.79 Å². The first-order valence-electron chi connectivity index (χ1n) is 12.8. The van der Waals surface area contributed by atoms with Gasteiger partial charge in [-0.25, -0.2) is 0 Å². The molecule has 166 valence electrons. The second kappa shape index (κ2) is 7.79. The molecule has 4 aliphatic carbocycles. The van der Waals surface area contributed by atoms with Crippen molar-refractivity contribution in [2.75, 3.05) is 0 Å². The van der Waals surface area contributed by atoms with Gasteiger partial charge in [0.15, 0.2) is 0 Å². The maximum Gasteiger partial charge on any atom is 0.134 e. The van der Waals surface area contributed by atoms with Gasteiger partial charge in [0.2, 0.25) is 0 Å². The third-order valence-electron chi connectivity index (χ3n) is 10.4. The Bertz CT molecular complexity index is 772. The van der Waals surface area contributed by atoms with Gasteiger partial charge in [-0.05, 0) is 74.0 Å². The van der Waals surface area contributed by atoms with Crippen molar-refractivity contribution in [3.8, 4) is 6.07 Å². The van der Waals surface area contributed by atoms with Crippen LogP contribution in [0.3, 0.4) is 0 Å². The molecule has 0 saturated heterocycles. The molecule has 2 heteroatoms. The summed E-state index contributed by atoms with van der Waals surface area (Å²) in [6.45, 7) is 12.2. The zero-order valence-electron chi connectivity index (χ0n) is 20.2. The fraction of sp³-hybridized carbons (Fsp3) is 0.857. The molecular formula is C28H43NO. The lowest BCUT2D eigenvalue weighted by Crippen LogP contribution is -2.51.